The molecule has 1 fully saturated rings. The summed E-state index contributed by atoms with van der Waals surface area (Å²) in [6, 6.07) is 2.31. The fraction of sp³-hybridized carbons (Fsp3) is 0.583. The van der Waals surface area contributed by atoms with Gasteiger partial charge in [-0.05, 0) is 25.2 Å². The highest BCUT2D eigenvalue weighted by atomic mass is 16.3. The third kappa shape index (κ3) is 2.92. The summed E-state index contributed by atoms with van der Waals surface area (Å²) < 4.78 is 0. The molecule has 1 aliphatic carbocycles. The van der Waals surface area contributed by atoms with Crippen LogP contribution in [0.3, 0.4) is 0 Å². The summed E-state index contributed by atoms with van der Waals surface area (Å²) in [4.78, 5) is 8.12. The summed E-state index contributed by atoms with van der Waals surface area (Å²) >= 11 is 0. The lowest BCUT2D eigenvalue weighted by atomic mass is 10.0. The van der Waals surface area contributed by atoms with Gasteiger partial charge >= 0.3 is 0 Å². The summed E-state index contributed by atoms with van der Waals surface area (Å²) in [5.74, 6) is 1.22. The molecular weight excluding hydrogens is 216 g/mol. The Morgan fingerprint density at radius 3 is 2.94 bits per heavy atom. The fourth-order valence-corrected chi connectivity index (χ4v) is 2.39. The Kier molecular flexibility index (Phi) is 3.89. The molecule has 17 heavy (non-hydrogen) atoms. The van der Waals surface area contributed by atoms with E-state index in [4.69, 9.17) is 10.4 Å². The predicted molar refractivity (Wildman–Crippen MR) is 63.2 cm³/mol. The van der Waals surface area contributed by atoms with Crippen LogP contribution in [0, 0.1) is 17.2 Å². The van der Waals surface area contributed by atoms with Gasteiger partial charge in [-0.1, -0.05) is 6.42 Å². The predicted octanol–water partition coefficient (Wildman–Crippen LogP) is 1.31. The van der Waals surface area contributed by atoms with Crippen molar-refractivity contribution in [3.8, 4) is 6.07 Å². The number of aliphatic hydroxyl groups is 1. The number of hydrogen-bond acceptors (Lipinski definition) is 5. The van der Waals surface area contributed by atoms with Gasteiger partial charge in [0.2, 0.25) is 0 Å². The lowest BCUT2D eigenvalue weighted by molar-refractivity contribution is 0.254. The Morgan fingerprint density at radius 1 is 1.41 bits per heavy atom. The molecule has 2 rings (SSSR count). The van der Waals surface area contributed by atoms with Crippen molar-refractivity contribution in [3.63, 3.8) is 0 Å². The van der Waals surface area contributed by atoms with Crippen LogP contribution in [-0.4, -0.2) is 27.7 Å². The summed E-state index contributed by atoms with van der Waals surface area (Å²) in [6.45, 7) is 0.238. The van der Waals surface area contributed by atoms with Gasteiger partial charge in [0.1, 0.15) is 11.9 Å². The van der Waals surface area contributed by atoms with E-state index in [2.05, 4.69) is 15.3 Å². The first-order valence-electron chi connectivity index (χ1n) is 5.93. The van der Waals surface area contributed by atoms with E-state index in [1.165, 1.54) is 12.6 Å². The largest absolute Gasteiger partial charge is 0.396 e. The number of rotatable bonds is 4. The highest BCUT2D eigenvalue weighted by Crippen LogP contribution is 2.30. The third-order valence-electron chi connectivity index (χ3n) is 3.26. The Bertz CT molecular complexity index is 398. The SMILES string of the molecule is N#Cc1cnc(NC2CCCC2CCO)cn1. The van der Waals surface area contributed by atoms with Crippen LogP contribution in [0.4, 0.5) is 5.82 Å². The van der Waals surface area contributed by atoms with Crippen LogP contribution in [-0.2, 0) is 0 Å². The van der Waals surface area contributed by atoms with E-state index in [0.717, 1.165) is 19.3 Å². The molecule has 0 bridgehead atoms. The maximum Gasteiger partial charge on any atom is 0.158 e. The van der Waals surface area contributed by atoms with Gasteiger partial charge < -0.3 is 10.4 Å². The molecule has 0 amide bonds. The van der Waals surface area contributed by atoms with E-state index in [9.17, 15) is 0 Å². The molecule has 1 saturated carbocycles. The third-order valence-corrected chi connectivity index (χ3v) is 3.26. The van der Waals surface area contributed by atoms with Crippen molar-refractivity contribution in [3.05, 3.63) is 18.1 Å². The van der Waals surface area contributed by atoms with Crippen LogP contribution in [0.15, 0.2) is 12.4 Å². The zero-order chi connectivity index (χ0) is 12.1. The summed E-state index contributed by atoms with van der Waals surface area (Å²) in [5, 5.41) is 20.9. The maximum absolute atomic E-state index is 8.99. The number of nitriles is 1. The maximum atomic E-state index is 8.99. The summed E-state index contributed by atoms with van der Waals surface area (Å²) in [6.07, 6.45) is 7.34. The minimum Gasteiger partial charge on any atom is -0.396 e. The average molecular weight is 232 g/mol. The zero-order valence-corrected chi connectivity index (χ0v) is 9.63. The molecule has 90 valence electrons. The fourth-order valence-electron chi connectivity index (χ4n) is 2.39. The van der Waals surface area contributed by atoms with E-state index in [-0.39, 0.29) is 6.61 Å². The quantitative estimate of drug-likeness (QED) is 0.818. The van der Waals surface area contributed by atoms with Crippen molar-refractivity contribution in [1.82, 2.24) is 9.97 Å². The Hall–Kier alpha value is -1.67. The first kappa shape index (κ1) is 11.8. The second-order valence-corrected chi connectivity index (χ2v) is 4.35. The number of aromatic nitrogens is 2. The molecule has 0 aromatic carbocycles. The van der Waals surface area contributed by atoms with Crippen LogP contribution in [0.25, 0.3) is 0 Å². The van der Waals surface area contributed by atoms with Crippen molar-refractivity contribution >= 4 is 5.82 Å². The Labute approximate surface area is 101 Å². The van der Waals surface area contributed by atoms with Crippen molar-refractivity contribution in [2.45, 2.75) is 31.7 Å². The summed E-state index contributed by atoms with van der Waals surface area (Å²) in [5.41, 5.74) is 0.328. The van der Waals surface area contributed by atoms with Gasteiger partial charge in [-0.3, -0.25) is 0 Å². The van der Waals surface area contributed by atoms with Crippen LogP contribution >= 0.6 is 0 Å². The lowest BCUT2D eigenvalue weighted by Crippen LogP contribution is -2.25. The molecule has 0 radical (unpaired) electrons. The monoisotopic (exact) mass is 232 g/mol. The van der Waals surface area contributed by atoms with Crippen LogP contribution < -0.4 is 5.32 Å². The highest BCUT2D eigenvalue weighted by molar-refractivity contribution is 5.34. The number of nitrogens with zero attached hydrogens (tertiary/aromatic N) is 3. The lowest BCUT2D eigenvalue weighted by Gasteiger charge is -2.20. The number of aliphatic hydroxyl groups excluding tert-OH is 1. The molecule has 2 unspecified atom stereocenters. The smallest absolute Gasteiger partial charge is 0.158 e. The molecule has 1 aromatic rings. The molecule has 1 aliphatic rings. The van der Waals surface area contributed by atoms with Gasteiger partial charge in [0.05, 0.1) is 12.4 Å². The molecule has 0 saturated heterocycles. The summed E-state index contributed by atoms with van der Waals surface area (Å²) in [7, 11) is 0. The van der Waals surface area contributed by atoms with Crippen molar-refractivity contribution < 1.29 is 5.11 Å². The normalized spacial score (nSPS) is 23.3. The Balaban J connectivity index is 1.97. The number of anilines is 1. The van der Waals surface area contributed by atoms with Crippen molar-refractivity contribution in [2.24, 2.45) is 5.92 Å². The van der Waals surface area contributed by atoms with Gasteiger partial charge in [0, 0.05) is 12.6 Å². The first-order chi connectivity index (χ1) is 8.33. The molecule has 1 heterocycles. The first-order valence-corrected chi connectivity index (χ1v) is 5.93. The molecule has 2 atom stereocenters. The molecule has 1 aromatic heterocycles. The molecule has 2 N–H and O–H groups in total. The van der Waals surface area contributed by atoms with Gasteiger partial charge in [-0.15, -0.1) is 0 Å². The molecule has 5 heteroatoms. The zero-order valence-electron chi connectivity index (χ0n) is 9.63. The van der Waals surface area contributed by atoms with Crippen molar-refractivity contribution in [2.75, 3.05) is 11.9 Å². The molecule has 0 spiro atoms. The van der Waals surface area contributed by atoms with E-state index in [0.29, 0.717) is 23.5 Å². The van der Waals surface area contributed by atoms with Crippen molar-refractivity contribution in [1.29, 1.82) is 5.26 Å². The minimum absolute atomic E-state index is 0.238. The Morgan fingerprint density at radius 2 is 2.29 bits per heavy atom. The molecule has 5 nitrogen and oxygen atoms in total. The standard InChI is InChI=1S/C12H16N4O/c13-6-10-7-15-12(8-14-10)16-11-3-1-2-9(11)4-5-17/h7-9,11,17H,1-5H2,(H,15,16). The van der Waals surface area contributed by atoms with Gasteiger partial charge in [-0.2, -0.15) is 5.26 Å². The number of hydrogen-bond donors (Lipinski definition) is 2. The second kappa shape index (κ2) is 5.60. The average Bonchev–Trinajstić information content (AvgIpc) is 2.78. The van der Waals surface area contributed by atoms with Gasteiger partial charge in [-0.25, -0.2) is 9.97 Å². The van der Waals surface area contributed by atoms with Crippen LogP contribution in [0.2, 0.25) is 0 Å². The number of nitrogens with one attached hydrogen (secondary N) is 1. The topological polar surface area (TPSA) is 81.8 Å². The van der Waals surface area contributed by atoms with E-state index < -0.39 is 0 Å². The molecule has 0 aliphatic heterocycles. The highest BCUT2D eigenvalue weighted by Gasteiger charge is 2.26. The minimum atomic E-state index is 0.238. The second-order valence-electron chi connectivity index (χ2n) is 4.35. The van der Waals surface area contributed by atoms with E-state index in [1.54, 1.807) is 6.20 Å². The van der Waals surface area contributed by atoms with Gasteiger partial charge in [0.25, 0.3) is 0 Å². The van der Waals surface area contributed by atoms with Gasteiger partial charge in [0.15, 0.2) is 5.69 Å². The van der Waals surface area contributed by atoms with E-state index in [1.807, 2.05) is 6.07 Å². The van der Waals surface area contributed by atoms with Crippen LogP contribution in [0.1, 0.15) is 31.4 Å². The molecular formula is C12H16N4O. The van der Waals surface area contributed by atoms with Crippen LogP contribution in [0.5, 0.6) is 0 Å². The van der Waals surface area contributed by atoms with E-state index >= 15 is 0 Å².